The Morgan fingerprint density at radius 3 is 2.70 bits per heavy atom. The molecule has 0 saturated heterocycles. The fourth-order valence-corrected chi connectivity index (χ4v) is 0.604. The average Bonchev–Trinajstić information content (AvgIpc) is 1.84. The Hall–Kier alpha value is -0.410. The molecule has 0 bridgehead atoms. The second-order valence-corrected chi connectivity index (χ2v) is 2.61. The first-order chi connectivity index (χ1) is 4.62. The molecule has 3 nitrogen and oxygen atoms in total. The summed E-state index contributed by atoms with van der Waals surface area (Å²) in [5.74, 6) is 0. The molecule has 3 heteroatoms. The smallest absolute Gasteiger partial charge is 0.122 e. The van der Waals surface area contributed by atoms with Gasteiger partial charge in [-0.1, -0.05) is 0 Å². The number of aldehydes is 1. The largest absolute Gasteiger partial charge is 0.390 e. The van der Waals surface area contributed by atoms with Crippen LogP contribution in [0.2, 0.25) is 0 Å². The SMILES string of the molecule is COCCC(C)(O)CC=O. The van der Waals surface area contributed by atoms with Crippen molar-refractivity contribution in [2.75, 3.05) is 13.7 Å². The lowest BCUT2D eigenvalue weighted by molar-refractivity contribution is -0.112. The van der Waals surface area contributed by atoms with Crippen LogP contribution in [0.1, 0.15) is 19.8 Å². The van der Waals surface area contributed by atoms with Gasteiger partial charge < -0.3 is 14.6 Å². The molecule has 0 fully saturated rings. The third-order valence-electron chi connectivity index (χ3n) is 1.37. The van der Waals surface area contributed by atoms with E-state index in [9.17, 15) is 9.90 Å². The lowest BCUT2D eigenvalue weighted by Crippen LogP contribution is -2.26. The molecule has 0 radical (unpaired) electrons. The van der Waals surface area contributed by atoms with Crippen LogP contribution < -0.4 is 0 Å². The van der Waals surface area contributed by atoms with Gasteiger partial charge in [-0.2, -0.15) is 0 Å². The van der Waals surface area contributed by atoms with Gasteiger partial charge in [0.05, 0.1) is 5.60 Å². The second-order valence-electron chi connectivity index (χ2n) is 2.61. The molecule has 0 aliphatic carbocycles. The summed E-state index contributed by atoms with van der Waals surface area (Å²) in [6.45, 7) is 2.11. The van der Waals surface area contributed by atoms with Gasteiger partial charge in [0.2, 0.25) is 0 Å². The maximum atomic E-state index is 9.98. The Morgan fingerprint density at radius 1 is 1.70 bits per heavy atom. The molecule has 1 N–H and O–H groups in total. The average molecular weight is 146 g/mol. The molecule has 0 spiro atoms. The summed E-state index contributed by atoms with van der Waals surface area (Å²) >= 11 is 0. The number of carbonyl (C=O) groups excluding carboxylic acids is 1. The molecule has 0 saturated carbocycles. The number of hydrogen-bond acceptors (Lipinski definition) is 3. The summed E-state index contributed by atoms with van der Waals surface area (Å²) in [5.41, 5.74) is -0.891. The molecule has 0 aromatic carbocycles. The number of aliphatic hydroxyl groups is 1. The van der Waals surface area contributed by atoms with E-state index in [-0.39, 0.29) is 6.42 Å². The van der Waals surface area contributed by atoms with E-state index in [1.807, 2.05) is 0 Å². The quantitative estimate of drug-likeness (QED) is 0.570. The highest BCUT2D eigenvalue weighted by atomic mass is 16.5. The highest BCUT2D eigenvalue weighted by molar-refractivity contribution is 5.51. The fraction of sp³-hybridized carbons (Fsp3) is 0.857. The van der Waals surface area contributed by atoms with Gasteiger partial charge in [0.15, 0.2) is 0 Å². The van der Waals surface area contributed by atoms with E-state index in [0.29, 0.717) is 13.0 Å². The molecule has 1 atom stereocenters. The molecule has 0 aliphatic heterocycles. The summed E-state index contributed by atoms with van der Waals surface area (Å²) in [7, 11) is 1.57. The number of carbonyl (C=O) groups is 1. The zero-order chi connectivity index (χ0) is 8.04. The van der Waals surface area contributed by atoms with E-state index in [2.05, 4.69) is 0 Å². The van der Waals surface area contributed by atoms with Crippen LogP contribution in [0.5, 0.6) is 0 Å². The maximum absolute atomic E-state index is 9.98. The molecule has 60 valence electrons. The third kappa shape index (κ3) is 4.47. The van der Waals surface area contributed by atoms with Gasteiger partial charge >= 0.3 is 0 Å². The van der Waals surface area contributed by atoms with Gasteiger partial charge in [0.25, 0.3) is 0 Å². The number of rotatable bonds is 5. The molecule has 0 aliphatic rings. The van der Waals surface area contributed by atoms with Crippen LogP contribution in [0, 0.1) is 0 Å². The molecule has 10 heavy (non-hydrogen) atoms. The van der Waals surface area contributed by atoms with Crippen LogP contribution in [0.25, 0.3) is 0 Å². The van der Waals surface area contributed by atoms with E-state index in [1.54, 1.807) is 14.0 Å². The van der Waals surface area contributed by atoms with Crippen LogP contribution in [0.4, 0.5) is 0 Å². The van der Waals surface area contributed by atoms with Gasteiger partial charge in [0, 0.05) is 20.1 Å². The lowest BCUT2D eigenvalue weighted by Gasteiger charge is -2.19. The Kier molecular flexibility index (Phi) is 4.23. The molecule has 0 aromatic rings. The minimum Gasteiger partial charge on any atom is -0.390 e. The topological polar surface area (TPSA) is 46.5 Å². The van der Waals surface area contributed by atoms with Gasteiger partial charge in [0.1, 0.15) is 6.29 Å². The van der Waals surface area contributed by atoms with E-state index < -0.39 is 5.60 Å². The summed E-state index contributed by atoms with van der Waals surface area (Å²) in [6.07, 6.45) is 1.40. The minimum atomic E-state index is -0.891. The highest BCUT2D eigenvalue weighted by Crippen LogP contribution is 2.11. The van der Waals surface area contributed by atoms with Crippen molar-refractivity contribution in [1.29, 1.82) is 0 Å². The molecule has 0 aromatic heterocycles. The molecule has 0 rings (SSSR count). The minimum absolute atomic E-state index is 0.177. The van der Waals surface area contributed by atoms with Crippen molar-refractivity contribution in [3.8, 4) is 0 Å². The number of methoxy groups -OCH3 is 1. The predicted octanol–water partition coefficient (Wildman–Crippen LogP) is 0.363. The van der Waals surface area contributed by atoms with Crippen LogP contribution in [-0.2, 0) is 9.53 Å². The normalized spacial score (nSPS) is 16.3. The summed E-state index contributed by atoms with van der Waals surface area (Å²) in [6, 6.07) is 0. The van der Waals surface area contributed by atoms with Crippen molar-refractivity contribution in [3.05, 3.63) is 0 Å². The van der Waals surface area contributed by atoms with Crippen LogP contribution >= 0.6 is 0 Å². The van der Waals surface area contributed by atoms with E-state index in [1.165, 1.54) is 0 Å². The highest BCUT2D eigenvalue weighted by Gasteiger charge is 2.18. The summed E-state index contributed by atoms with van der Waals surface area (Å²) in [4.78, 5) is 9.98. The maximum Gasteiger partial charge on any atom is 0.122 e. The van der Waals surface area contributed by atoms with Crippen LogP contribution in [0.15, 0.2) is 0 Å². The van der Waals surface area contributed by atoms with Crippen molar-refractivity contribution in [1.82, 2.24) is 0 Å². The molecule has 0 amide bonds. The first-order valence-electron chi connectivity index (χ1n) is 3.27. The third-order valence-corrected chi connectivity index (χ3v) is 1.37. The van der Waals surface area contributed by atoms with Gasteiger partial charge in [-0.05, 0) is 13.3 Å². The monoisotopic (exact) mass is 146 g/mol. The summed E-state index contributed by atoms with van der Waals surface area (Å²) < 4.78 is 4.75. The van der Waals surface area contributed by atoms with Crippen LogP contribution in [0.3, 0.4) is 0 Å². The van der Waals surface area contributed by atoms with Gasteiger partial charge in [-0.15, -0.1) is 0 Å². The molecule has 1 unspecified atom stereocenters. The fourth-order valence-electron chi connectivity index (χ4n) is 0.604. The van der Waals surface area contributed by atoms with Crippen molar-refractivity contribution in [3.63, 3.8) is 0 Å². The van der Waals surface area contributed by atoms with Gasteiger partial charge in [-0.3, -0.25) is 0 Å². The van der Waals surface area contributed by atoms with Crippen molar-refractivity contribution in [2.45, 2.75) is 25.4 Å². The standard InChI is InChI=1S/C7H14O3/c1-7(9,3-5-8)4-6-10-2/h5,9H,3-4,6H2,1-2H3. The van der Waals surface area contributed by atoms with E-state index in [4.69, 9.17) is 4.74 Å². The van der Waals surface area contributed by atoms with Crippen LogP contribution in [-0.4, -0.2) is 30.7 Å². The number of hydrogen-bond donors (Lipinski definition) is 1. The summed E-state index contributed by atoms with van der Waals surface area (Å²) in [5, 5.41) is 9.33. The molecular formula is C7H14O3. The first-order valence-corrected chi connectivity index (χ1v) is 3.27. The van der Waals surface area contributed by atoms with Crippen molar-refractivity contribution >= 4 is 6.29 Å². The number of ether oxygens (including phenoxy) is 1. The lowest BCUT2D eigenvalue weighted by atomic mass is 10.00. The Labute approximate surface area is 61.0 Å². The Balaban J connectivity index is 3.51. The van der Waals surface area contributed by atoms with Gasteiger partial charge in [-0.25, -0.2) is 0 Å². The predicted molar refractivity (Wildman–Crippen MR) is 37.8 cm³/mol. The van der Waals surface area contributed by atoms with Crippen molar-refractivity contribution in [2.24, 2.45) is 0 Å². The Bertz CT molecular complexity index is 99.0. The molecular weight excluding hydrogens is 132 g/mol. The van der Waals surface area contributed by atoms with Crippen molar-refractivity contribution < 1.29 is 14.6 Å². The van der Waals surface area contributed by atoms with E-state index in [0.717, 1.165) is 6.29 Å². The second kappa shape index (κ2) is 4.41. The first kappa shape index (κ1) is 9.59. The zero-order valence-corrected chi connectivity index (χ0v) is 6.46. The molecule has 0 heterocycles. The Morgan fingerprint density at radius 2 is 2.30 bits per heavy atom. The van der Waals surface area contributed by atoms with E-state index >= 15 is 0 Å². The zero-order valence-electron chi connectivity index (χ0n) is 6.46.